The first-order chi connectivity index (χ1) is 13.4. The minimum absolute atomic E-state index is 0.192. The standard InChI is InChI=1S/C20H13F3N2O2S/c1-25-19-13(18(24-25)12-4-2-3-5-14(12)21)9-17(28-19)20(26)27-10-11-6-7-15(22)16(23)8-11/h2-9H,10H2,1H3. The zero-order valence-corrected chi connectivity index (χ0v) is 15.4. The monoisotopic (exact) mass is 402 g/mol. The second-order valence-corrected chi connectivity index (χ2v) is 7.14. The molecule has 0 unspecified atom stereocenters. The SMILES string of the molecule is Cn1nc(-c2ccccc2F)c2cc(C(=O)OCc3ccc(F)c(F)c3)sc21. The third-order valence-corrected chi connectivity index (χ3v) is 5.38. The van der Waals surface area contributed by atoms with E-state index in [0.29, 0.717) is 31.9 Å². The summed E-state index contributed by atoms with van der Waals surface area (Å²) in [6.45, 7) is -0.192. The Morgan fingerprint density at radius 3 is 2.61 bits per heavy atom. The molecule has 0 saturated carbocycles. The summed E-state index contributed by atoms with van der Waals surface area (Å²) in [5.74, 6) is -2.98. The molecule has 142 valence electrons. The van der Waals surface area contributed by atoms with Crippen LogP contribution < -0.4 is 0 Å². The Morgan fingerprint density at radius 1 is 1.07 bits per heavy atom. The highest BCUT2D eigenvalue weighted by molar-refractivity contribution is 7.20. The van der Waals surface area contributed by atoms with Crippen LogP contribution in [0.4, 0.5) is 13.2 Å². The number of nitrogens with zero attached hydrogens (tertiary/aromatic N) is 2. The van der Waals surface area contributed by atoms with Crippen LogP contribution in [0.25, 0.3) is 21.5 Å². The molecule has 4 aromatic rings. The van der Waals surface area contributed by atoms with Gasteiger partial charge in [0.2, 0.25) is 0 Å². The minimum Gasteiger partial charge on any atom is -0.457 e. The van der Waals surface area contributed by atoms with Crippen molar-refractivity contribution >= 4 is 27.5 Å². The molecular formula is C20H13F3N2O2S. The van der Waals surface area contributed by atoms with Crippen LogP contribution in [-0.4, -0.2) is 15.7 Å². The summed E-state index contributed by atoms with van der Waals surface area (Å²) >= 11 is 1.16. The van der Waals surface area contributed by atoms with Crippen molar-refractivity contribution in [1.82, 2.24) is 9.78 Å². The maximum absolute atomic E-state index is 14.2. The van der Waals surface area contributed by atoms with E-state index in [1.165, 1.54) is 12.1 Å². The number of aryl methyl sites for hydroxylation is 1. The van der Waals surface area contributed by atoms with Crippen molar-refractivity contribution in [3.05, 3.63) is 76.4 Å². The van der Waals surface area contributed by atoms with Crippen LogP contribution in [0, 0.1) is 17.5 Å². The lowest BCUT2D eigenvalue weighted by Gasteiger charge is -2.04. The number of fused-ring (bicyclic) bond motifs is 1. The third kappa shape index (κ3) is 3.27. The number of esters is 1. The fourth-order valence-corrected chi connectivity index (χ4v) is 3.81. The molecule has 0 fully saturated rings. The Morgan fingerprint density at radius 2 is 1.86 bits per heavy atom. The lowest BCUT2D eigenvalue weighted by atomic mass is 10.1. The zero-order chi connectivity index (χ0) is 19.8. The first-order valence-electron chi connectivity index (χ1n) is 8.26. The largest absolute Gasteiger partial charge is 0.457 e. The number of aromatic nitrogens is 2. The molecule has 0 N–H and O–H groups in total. The molecule has 0 spiro atoms. The minimum atomic E-state index is -1.00. The van der Waals surface area contributed by atoms with E-state index in [9.17, 15) is 18.0 Å². The van der Waals surface area contributed by atoms with Crippen molar-refractivity contribution in [2.45, 2.75) is 6.61 Å². The molecule has 0 amide bonds. The number of thiophene rings is 1. The topological polar surface area (TPSA) is 44.1 Å². The van der Waals surface area contributed by atoms with E-state index in [1.807, 2.05) is 0 Å². The normalized spacial score (nSPS) is 11.1. The summed E-state index contributed by atoms with van der Waals surface area (Å²) in [5.41, 5.74) is 1.11. The predicted octanol–water partition coefficient (Wildman–Crippen LogP) is 5.08. The van der Waals surface area contributed by atoms with Gasteiger partial charge in [-0.1, -0.05) is 18.2 Å². The molecule has 8 heteroatoms. The van der Waals surface area contributed by atoms with Gasteiger partial charge in [0.25, 0.3) is 0 Å². The summed E-state index contributed by atoms with van der Waals surface area (Å²) < 4.78 is 47.2. The van der Waals surface area contributed by atoms with Gasteiger partial charge in [-0.3, -0.25) is 4.68 Å². The van der Waals surface area contributed by atoms with Gasteiger partial charge in [0.15, 0.2) is 11.6 Å². The molecule has 2 aromatic carbocycles. The van der Waals surface area contributed by atoms with Gasteiger partial charge < -0.3 is 4.74 Å². The van der Waals surface area contributed by atoms with E-state index in [-0.39, 0.29) is 6.61 Å². The van der Waals surface area contributed by atoms with Crippen molar-refractivity contribution in [3.8, 4) is 11.3 Å². The number of carbonyl (C=O) groups excluding carboxylic acids is 1. The van der Waals surface area contributed by atoms with Crippen molar-refractivity contribution in [2.24, 2.45) is 7.05 Å². The molecule has 4 nitrogen and oxygen atoms in total. The maximum atomic E-state index is 14.2. The number of halogens is 3. The molecule has 0 radical (unpaired) electrons. The zero-order valence-electron chi connectivity index (χ0n) is 14.6. The molecular weight excluding hydrogens is 389 g/mol. The van der Waals surface area contributed by atoms with Crippen LogP contribution in [-0.2, 0) is 18.4 Å². The highest BCUT2D eigenvalue weighted by Crippen LogP contribution is 2.35. The quantitative estimate of drug-likeness (QED) is 0.448. The van der Waals surface area contributed by atoms with Gasteiger partial charge in [0.1, 0.15) is 27.8 Å². The Balaban J connectivity index is 1.61. The Bertz CT molecular complexity index is 1200. The van der Waals surface area contributed by atoms with Gasteiger partial charge in [-0.15, -0.1) is 11.3 Å². The fourth-order valence-electron chi connectivity index (χ4n) is 2.84. The number of benzene rings is 2. The van der Waals surface area contributed by atoms with Gasteiger partial charge in [0.05, 0.1) is 0 Å². The van der Waals surface area contributed by atoms with Crippen molar-refractivity contribution < 1.29 is 22.7 Å². The van der Waals surface area contributed by atoms with E-state index in [0.717, 1.165) is 23.5 Å². The number of carbonyl (C=O) groups is 1. The number of hydrogen-bond acceptors (Lipinski definition) is 4. The Kier molecular flexibility index (Phi) is 4.64. The highest BCUT2D eigenvalue weighted by Gasteiger charge is 2.20. The summed E-state index contributed by atoms with van der Waals surface area (Å²) in [4.78, 5) is 13.4. The molecule has 0 aliphatic rings. The van der Waals surface area contributed by atoms with Gasteiger partial charge >= 0.3 is 5.97 Å². The van der Waals surface area contributed by atoms with E-state index in [4.69, 9.17) is 4.74 Å². The molecule has 2 aromatic heterocycles. The van der Waals surface area contributed by atoms with E-state index < -0.39 is 23.4 Å². The van der Waals surface area contributed by atoms with Crippen LogP contribution in [0.3, 0.4) is 0 Å². The van der Waals surface area contributed by atoms with Gasteiger partial charge in [-0.05, 0) is 35.9 Å². The summed E-state index contributed by atoms with van der Waals surface area (Å²) in [5, 5.41) is 4.99. The Labute approximate surface area is 161 Å². The predicted molar refractivity (Wildman–Crippen MR) is 99.5 cm³/mol. The average Bonchev–Trinajstić information content (AvgIpc) is 3.24. The van der Waals surface area contributed by atoms with Gasteiger partial charge in [0, 0.05) is 18.0 Å². The van der Waals surface area contributed by atoms with Crippen LogP contribution in [0.2, 0.25) is 0 Å². The summed E-state index contributed by atoms with van der Waals surface area (Å²) in [7, 11) is 1.71. The molecule has 4 rings (SSSR count). The third-order valence-electron chi connectivity index (χ3n) is 4.20. The molecule has 0 aliphatic carbocycles. The van der Waals surface area contributed by atoms with Gasteiger partial charge in [-0.2, -0.15) is 5.10 Å². The van der Waals surface area contributed by atoms with Crippen LogP contribution in [0.5, 0.6) is 0 Å². The van der Waals surface area contributed by atoms with E-state index >= 15 is 0 Å². The number of hydrogen-bond donors (Lipinski definition) is 0. The highest BCUT2D eigenvalue weighted by atomic mass is 32.1. The molecule has 0 saturated heterocycles. The molecule has 28 heavy (non-hydrogen) atoms. The van der Waals surface area contributed by atoms with Crippen LogP contribution in [0.15, 0.2) is 48.5 Å². The van der Waals surface area contributed by atoms with E-state index in [1.54, 1.807) is 36.0 Å². The molecule has 2 heterocycles. The first kappa shape index (κ1) is 18.2. The number of rotatable bonds is 4. The second-order valence-electron chi connectivity index (χ2n) is 6.11. The lowest BCUT2D eigenvalue weighted by molar-refractivity contribution is 0.0478. The number of ether oxygens (including phenoxy) is 1. The molecule has 0 atom stereocenters. The van der Waals surface area contributed by atoms with Crippen LogP contribution in [0.1, 0.15) is 15.2 Å². The summed E-state index contributed by atoms with van der Waals surface area (Å²) in [6.07, 6.45) is 0. The van der Waals surface area contributed by atoms with Crippen molar-refractivity contribution in [1.29, 1.82) is 0 Å². The van der Waals surface area contributed by atoms with Crippen molar-refractivity contribution in [2.75, 3.05) is 0 Å². The average molecular weight is 402 g/mol. The summed E-state index contributed by atoms with van der Waals surface area (Å²) in [6, 6.07) is 11.2. The second kappa shape index (κ2) is 7.12. The van der Waals surface area contributed by atoms with Gasteiger partial charge in [-0.25, -0.2) is 18.0 Å². The maximum Gasteiger partial charge on any atom is 0.348 e. The Hall–Kier alpha value is -3.13. The smallest absolute Gasteiger partial charge is 0.348 e. The lowest BCUT2D eigenvalue weighted by Crippen LogP contribution is -2.03. The first-order valence-corrected chi connectivity index (χ1v) is 9.08. The van der Waals surface area contributed by atoms with Crippen molar-refractivity contribution in [3.63, 3.8) is 0 Å². The van der Waals surface area contributed by atoms with E-state index in [2.05, 4.69) is 5.10 Å². The molecule has 0 aliphatic heterocycles. The molecule has 0 bridgehead atoms. The van der Waals surface area contributed by atoms with Crippen LogP contribution >= 0.6 is 11.3 Å². The fraction of sp³-hybridized carbons (Fsp3) is 0.100.